The lowest BCUT2D eigenvalue weighted by atomic mass is 10.2. The minimum Gasteiger partial charge on any atom is -0.486 e. The highest BCUT2D eigenvalue weighted by molar-refractivity contribution is 5.79. The Bertz CT molecular complexity index is 719. The van der Waals surface area contributed by atoms with Gasteiger partial charge in [0.05, 0.1) is 13.7 Å². The molecule has 0 aliphatic carbocycles. The van der Waals surface area contributed by atoms with E-state index in [1.54, 1.807) is 20.4 Å². The zero-order valence-corrected chi connectivity index (χ0v) is 14.4. The number of para-hydroxylation sites is 2. The number of ether oxygens (including phenoxy) is 3. The molecule has 0 saturated carbocycles. The molecule has 1 unspecified atom stereocenters. The largest absolute Gasteiger partial charge is 0.486 e. The van der Waals surface area contributed by atoms with Crippen molar-refractivity contribution in [1.29, 1.82) is 0 Å². The molecular formula is C18H22N4O3. The average Bonchev–Trinajstić information content (AvgIpc) is 2.68. The molecule has 1 aliphatic rings. The summed E-state index contributed by atoms with van der Waals surface area (Å²) < 4.78 is 16.7. The number of rotatable bonds is 5. The Labute approximate surface area is 147 Å². The zero-order valence-electron chi connectivity index (χ0n) is 14.4. The molecule has 1 atom stereocenters. The van der Waals surface area contributed by atoms with Crippen LogP contribution in [-0.2, 0) is 6.54 Å². The van der Waals surface area contributed by atoms with Crippen molar-refractivity contribution in [2.24, 2.45) is 4.99 Å². The Balaban J connectivity index is 1.46. The predicted molar refractivity (Wildman–Crippen MR) is 95.3 cm³/mol. The zero-order chi connectivity index (χ0) is 17.5. The number of aliphatic imine (C=N–C) groups is 1. The van der Waals surface area contributed by atoms with Crippen molar-refractivity contribution >= 4 is 5.96 Å². The first kappa shape index (κ1) is 16.9. The van der Waals surface area contributed by atoms with Crippen molar-refractivity contribution in [3.8, 4) is 17.4 Å². The molecule has 2 heterocycles. The Morgan fingerprint density at radius 2 is 2.08 bits per heavy atom. The summed E-state index contributed by atoms with van der Waals surface area (Å²) in [6, 6.07) is 11.5. The fourth-order valence-corrected chi connectivity index (χ4v) is 2.42. The molecule has 2 N–H and O–H groups in total. The van der Waals surface area contributed by atoms with Gasteiger partial charge < -0.3 is 24.8 Å². The standard InChI is InChI=1S/C18H22N4O3/c1-19-18(21-10-13-7-8-17(23-2)20-9-13)22-11-14-12-24-15-5-3-4-6-16(15)25-14/h3-9,14H,10-12H2,1-2H3,(H2,19,21,22). The van der Waals surface area contributed by atoms with Crippen LogP contribution >= 0.6 is 0 Å². The molecule has 1 aromatic heterocycles. The fourth-order valence-electron chi connectivity index (χ4n) is 2.42. The Hall–Kier alpha value is -2.96. The van der Waals surface area contributed by atoms with Gasteiger partial charge in [-0.15, -0.1) is 0 Å². The van der Waals surface area contributed by atoms with Crippen LogP contribution in [0, 0.1) is 0 Å². The van der Waals surface area contributed by atoms with Crippen LogP contribution in [0.25, 0.3) is 0 Å². The summed E-state index contributed by atoms with van der Waals surface area (Å²) in [5.41, 5.74) is 1.04. The topological polar surface area (TPSA) is 77.0 Å². The monoisotopic (exact) mass is 342 g/mol. The van der Waals surface area contributed by atoms with E-state index in [1.165, 1.54) is 0 Å². The molecule has 132 valence electrons. The van der Waals surface area contributed by atoms with Gasteiger partial charge in [0.25, 0.3) is 0 Å². The van der Waals surface area contributed by atoms with Crippen LogP contribution < -0.4 is 24.8 Å². The number of pyridine rings is 1. The highest BCUT2D eigenvalue weighted by atomic mass is 16.6. The van der Waals surface area contributed by atoms with E-state index in [4.69, 9.17) is 14.2 Å². The van der Waals surface area contributed by atoms with Gasteiger partial charge in [0.1, 0.15) is 12.7 Å². The van der Waals surface area contributed by atoms with Gasteiger partial charge in [-0.25, -0.2) is 4.98 Å². The molecule has 7 nitrogen and oxygen atoms in total. The van der Waals surface area contributed by atoms with Crippen LogP contribution in [0.15, 0.2) is 47.6 Å². The minimum atomic E-state index is -0.0731. The van der Waals surface area contributed by atoms with E-state index < -0.39 is 0 Å². The summed E-state index contributed by atoms with van der Waals surface area (Å²) in [6.07, 6.45) is 1.70. The van der Waals surface area contributed by atoms with Crippen molar-refractivity contribution in [3.05, 3.63) is 48.2 Å². The van der Waals surface area contributed by atoms with Gasteiger partial charge in [0, 0.05) is 25.9 Å². The number of guanidine groups is 1. The molecule has 3 rings (SSSR count). The van der Waals surface area contributed by atoms with Gasteiger partial charge in [-0.1, -0.05) is 18.2 Å². The first-order valence-electron chi connectivity index (χ1n) is 8.10. The molecule has 0 bridgehead atoms. The lowest BCUT2D eigenvalue weighted by molar-refractivity contribution is 0.0936. The van der Waals surface area contributed by atoms with Gasteiger partial charge in [-0.2, -0.15) is 0 Å². The Kier molecular flexibility index (Phi) is 5.56. The average molecular weight is 342 g/mol. The van der Waals surface area contributed by atoms with Gasteiger partial charge >= 0.3 is 0 Å². The maximum atomic E-state index is 5.92. The first-order valence-corrected chi connectivity index (χ1v) is 8.10. The number of aromatic nitrogens is 1. The van der Waals surface area contributed by atoms with Crippen molar-refractivity contribution in [2.45, 2.75) is 12.6 Å². The third-order valence-corrected chi connectivity index (χ3v) is 3.76. The lowest BCUT2D eigenvalue weighted by Crippen LogP contribution is -2.45. The SMILES string of the molecule is CN=C(NCc1ccc(OC)nc1)NCC1COc2ccccc2O1. The van der Waals surface area contributed by atoms with Crippen molar-refractivity contribution in [2.75, 3.05) is 27.3 Å². The number of fused-ring (bicyclic) bond motifs is 1. The summed E-state index contributed by atoms with van der Waals surface area (Å²) >= 11 is 0. The lowest BCUT2D eigenvalue weighted by Gasteiger charge is -2.27. The predicted octanol–water partition coefficient (Wildman–Crippen LogP) is 1.60. The maximum Gasteiger partial charge on any atom is 0.212 e. The molecule has 0 spiro atoms. The molecule has 0 saturated heterocycles. The van der Waals surface area contributed by atoms with Crippen LogP contribution in [0.5, 0.6) is 17.4 Å². The Morgan fingerprint density at radius 3 is 2.80 bits per heavy atom. The summed E-state index contributed by atoms with van der Waals surface area (Å²) in [5, 5.41) is 6.50. The number of hydrogen-bond acceptors (Lipinski definition) is 5. The molecule has 0 radical (unpaired) electrons. The van der Waals surface area contributed by atoms with Gasteiger partial charge in [0.2, 0.25) is 5.88 Å². The molecule has 1 aromatic carbocycles. The summed E-state index contributed by atoms with van der Waals surface area (Å²) in [4.78, 5) is 8.40. The van der Waals surface area contributed by atoms with E-state index in [2.05, 4.69) is 20.6 Å². The van der Waals surface area contributed by atoms with Crippen LogP contribution in [0.3, 0.4) is 0 Å². The molecule has 0 amide bonds. The fraction of sp³-hybridized carbons (Fsp3) is 0.333. The second kappa shape index (κ2) is 8.23. The van der Waals surface area contributed by atoms with Crippen molar-refractivity contribution < 1.29 is 14.2 Å². The molecule has 1 aliphatic heterocycles. The number of nitrogens with zero attached hydrogens (tertiary/aromatic N) is 2. The van der Waals surface area contributed by atoms with Crippen LogP contribution in [-0.4, -0.2) is 44.4 Å². The first-order chi connectivity index (χ1) is 12.3. The van der Waals surface area contributed by atoms with Crippen molar-refractivity contribution in [3.63, 3.8) is 0 Å². The van der Waals surface area contributed by atoms with E-state index in [0.717, 1.165) is 17.1 Å². The summed E-state index contributed by atoms with van der Waals surface area (Å²) in [5.74, 6) is 2.85. The van der Waals surface area contributed by atoms with Gasteiger partial charge in [0.15, 0.2) is 17.5 Å². The van der Waals surface area contributed by atoms with Crippen LogP contribution in [0.1, 0.15) is 5.56 Å². The minimum absolute atomic E-state index is 0.0731. The Morgan fingerprint density at radius 1 is 1.24 bits per heavy atom. The smallest absolute Gasteiger partial charge is 0.212 e. The van der Waals surface area contributed by atoms with Gasteiger partial charge in [-0.05, 0) is 17.7 Å². The third-order valence-electron chi connectivity index (χ3n) is 3.76. The summed E-state index contributed by atoms with van der Waals surface area (Å²) in [7, 11) is 3.33. The van der Waals surface area contributed by atoms with Crippen molar-refractivity contribution in [1.82, 2.24) is 15.6 Å². The second-order valence-corrected chi connectivity index (χ2v) is 5.51. The van der Waals surface area contributed by atoms with E-state index in [9.17, 15) is 0 Å². The van der Waals surface area contributed by atoms with Gasteiger partial charge in [-0.3, -0.25) is 4.99 Å². The third kappa shape index (κ3) is 4.53. The van der Waals surface area contributed by atoms with E-state index in [-0.39, 0.29) is 6.10 Å². The molecule has 25 heavy (non-hydrogen) atoms. The number of hydrogen-bond donors (Lipinski definition) is 2. The quantitative estimate of drug-likeness (QED) is 0.635. The van der Waals surface area contributed by atoms with E-state index >= 15 is 0 Å². The molecular weight excluding hydrogens is 320 g/mol. The molecule has 7 heteroatoms. The number of benzene rings is 1. The number of methoxy groups -OCH3 is 1. The molecule has 2 aromatic rings. The normalized spacial score (nSPS) is 16.2. The van der Waals surface area contributed by atoms with E-state index in [0.29, 0.717) is 31.5 Å². The molecule has 0 fully saturated rings. The highest BCUT2D eigenvalue weighted by Crippen LogP contribution is 2.30. The highest BCUT2D eigenvalue weighted by Gasteiger charge is 2.20. The number of nitrogens with one attached hydrogen (secondary N) is 2. The van der Waals surface area contributed by atoms with Crippen LogP contribution in [0.4, 0.5) is 0 Å². The summed E-state index contributed by atoms with van der Waals surface area (Å²) in [6.45, 7) is 1.71. The maximum absolute atomic E-state index is 5.92. The second-order valence-electron chi connectivity index (χ2n) is 5.51. The van der Waals surface area contributed by atoms with E-state index in [1.807, 2.05) is 36.4 Å². The van der Waals surface area contributed by atoms with Crippen LogP contribution in [0.2, 0.25) is 0 Å².